The Morgan fingerprint density at radius 3 is 1.92 bits per heavy atom. The van der Waals surface area contributed by atoms with Crippen molar-refractivity contribution in [2.75, 3.05) is 6.61 Å². The van der Waals surface area contributed by atoms with Crippen LogP contribution in [0.15, 0.2) is 12.4 Å². The lowest BCUT2D eigenvalue weighted by atomic mass is 10.2. The normalized spacial score (nSPS) is 15.3. The number of carbonyl (C=O) groups excluding carboxylic acids is 2. The van der Waals surface area contributed by atoms with Crippen LogP contribution in [0.3, 0.4) is 0 Å². The van der Waals surface area contributed by atoms with Crippen LogP contribution in [-0.4, -0.2) is 54.8 Å². The summed E-state index contributed by atoms with van der Waals surface area (Å²) in [7, 11) is -6.27. The second-order valence-electron chi connectivity index (χ2n) is 4.76. The van der Waals surface area contributed by atoms with Gasteiger partial charge in [0.25, 0.3) is 0 Å². The minimum atomic E-state index is -6.27. The van der Waals surface area contributed by atoms with E-state index in [1.807, 2.05) is 0 Å². The van der Waals surface area contributed by atoms with Crippen molar-refractivity contribution in [3.63, 3.8) is 0 Å². The lowest BCUT2D eigenvalue weighted by molar-refractivity contribution is -0.361. The van der Waals surface area contributed by atoms with Crippen molar-refractivity contribution in [3.8, 4) is 0 Å². The lowest BCUT2D eigenvalue weighted by Gasteiger charge is -2.33. The molecule has 0 aliphatic carbocycles. The number of halogens is 6. The summed E-state index contributed by atoms with van der Waals surface area (Å²) in [5.41, 5.74) is 0. The molecule has 0 radical (unpaired) electrons. The fourth-order valence-electron chi connectivity index (χ4n) is 1.12. The second-order valence-corrected chi connectivity index (χ2v) is 6.31. The molecule has 0 aromatic carbocycles. The summed E-state index contributed by atoms with van der Waals surface area (Å²) in [6.07, 6.45) is -7.44. The summed E-state index contributed by atoms with van der Waals surface area (Å²) < 4.78 is 119. The van der Waals surface area contributed by atoms with Gasteiger partial charge in [-0.25, -0.2) is 9.59 Å². The largest absolute Gasteiger partial charge is 0.468 e. The first-order chi connectivity index (χ1) is 11.4. The van der Waals surface area contributed by atoms with Crippen molar-refractivity contribution >= 4 is 22.1 Å². The Kier molecular flexibility index (Phi) is 7.23. The van der Waals surface area contributed by atoms with Crippen LogP contribution < -0.4 is 0 Å². The van der Waals surface area contributed by atoms with E-state index in [0.29, 0.717) is 0 Å². The molecule has 0 bridgehead atoms. The van der Waals surface area contributed by atoms with E-state index in [0.717, 1.165) is 13.8 Å². The predicted octanol–water partition coefficient (Wildman–Crippen LogP) is 1.72. The van der Waals surface area contributed by atoms with Crippen LogP contribution in [-0.2, 0) is 33.9 Å². The van der Waals surface area contributed by atoms with Gasteiger partial charge in [0, 0.05) is 0 Å². The Bertz CT molecular complexity index is 671. The summed E-state index contributed by atoms with van der Waals surface area (Å²) in [4.78, 5) is 22.8. The average Bonchev–Trinajstić information content (AvgIpc) is 2.39. The van der Waals surface area contributed by atoms with Gasteiger partial charge in [-0.2, -0.15) is 34.8 Å². The number of rotatable bonds is 8. The number of hydrogen-bond donors (Lipinski definition) is 1. The second kappa shape index (κ2) is 7.79. The molecule has 0 aliphatic heterocycles. The SMILES string of the molecule is C=C(F)C(=O)OC(OCC(F)(F)S(=O)(=O)O)(C(=O)OC(C)C)C(F)(F)F. The van der Waals surface area contributed by atoms with Crippen LogP contribution in [0, 0.1) is 0 Å². The Balaban J connectivity index is 6.15. The van der Waals surface area contributed by atoms with Gasteiger partial charge in [0.2, 0.25) is 5.83 Å². The summed E-state index contributed by atoms with van der Waals surface area (Å²) in [6.45, 7) is 1.52. The highest BCUT2D eigenvalue weighted by Gasteiger charge is 2.69. The molecule has 15 heteroatoms. The molecule has 8 nitrogen and oxygen atoms in total. The zero-order chi connectivity index (χ0) is 21.1. The molecule has 0 aromatic heterocycles. The Labute approximate surface area is 142 Å². The van der Waals surface area contributed by atoms with Crippen LogP contribution in [0.4, 0.5) is 26.3 Å². The third-order valence-corrected chi connectivity index (χ3v) is 3.14. The number of hydrogen-bond acceptors (Lipinski definition) is 7. The number of ether oxygens (including phenoxy) is 3. The minimum Gasteiger partial charge on any atom is -0.458 e. The molecule has 0 fully saturated rings. The molecular formula is C11H12F6O8S. The highest BCUT2D eigenvalue weighted by Crippen LogP contribution is 2.39. The smallest absolute Gasteiger partial charge is 0.458 e. The van der Waals surface area contributed by atoms with Gasteiger partial charge in [-0.3, -0.25) is 4.55 Å². The molecule has 0 saturated carbocycles. The van der Waals surface area contributed by atoms with E-state index >= 15 is 0 Å². The van der Waals surface area contributed by atoms with E-state index in [9.17, 15) is 44.3 Å². The minimum absolute atomic E-state index is 1.02. The van der Waals surface area contributed by atoms with Gasteiger partial charge in [-0.15, -0.1) is 0 Å². The fourth-order valence-corrected chi connectivity index (χ4v) is 1.33. The molecule has 1 atom stereocenters. The van der Waals surface area contributed by atoms with Crippen LogP contribution in [0.5, 0.6) is 0 Å². The van der Waals surface area contributed by atoms with E-state index in [4.69, 9.17) is 4.55 Å². The summed E-state index contributed by atoms with van der Waals surface area (Å²) in [6, 6.07) is 0. The third-order valence-electron chi connectivity index (χ3n) is 2.26. The van der Waals surface area contributed by atoms with Gasteiger partial charge in [-0.1, -0.05) is 6.58 Å². The zero-order valence-corrected chi connectivity index (χ0v) is 13.8. The molecule has 0 aromatic rings. The van der Waals surface area contributed by atoms with Crippen LogP contribution in [0.25, 0.3) is 0 Å². The van der Waals surface area contributed by atoms with Gasteiger partial charge < -0.3 is 14.2 Å². The zero-order valence-electron chi connectivity index (χ0n) is 13.0. The highest BCUT2D eigenvalue weighted by molar-refractivity contribution is 7.86. The highest BCUT2D eigenvalue weighted by atomic mass is 32.2. The number of alkyl halides is 5. The maximum absolute atomic E-state index is 13.3. The molecule has 0 rings (SSSR count). The molecule has 0 spiro atoms. The lowest BCUT2D eigenvalue weighted by Crippen LogP contribution is -2.60. The molecule has 1 unspecified atom stereocenters. The van der Waals surface area contributed by atoms with Crippen LogP contribution >= 0.6 is 0 Å². The predicted molar refractivity (Wildman–Crippen MR) is 68.8 cm³/mol. The van der Waals surface area contributed by atoms with Gasteiger partial charge in [-0.05, 0) is 13.8 Å². The standard InChI is InChI=1S/C11H12F6O8S/c1-5(2)24-8(19)10(11(15,16)17,25-7(18)6(3)12)23-4-9(13,14)26(20,21)22/h5H,3-4H2,1-2H3,(H,20,21,22). The van der Waals surface area contributed by atoms with Crippen molar-refractivity contribution < 1.29 is 63.1 Å². The van der Waals surface area contributed by atoms with Gasteiger partial charge in [0.15, 0.2) is 0 Å². The molecule has 1 N–H and O–H groups in total. The maximum atomic E-state index is 13.3. The van der Waals surface area contributed by atoms with E-state index in [-0.39, 0.29) is 0 Å². The Hall–Kier alpha value is -1.87. The summed E-state index contributed by atoms with van der Waals surface area (Å²) in [5, 5.41) is -5.35. The van der Waals surface area contributed by atoms with Crippen molar-refractivity contribution in [2.24, 2.45) is 0 Å². The van der Waals surface area contributed by atoms with Crippen molar-refractivity contribution in [1.82, 2.24) is 0 Å². The molecule has 0 heterocycles. The monoisotopic (exact) mass is 418 g/mol. The van der Waals surface area contributed by atoms with Crippen molar-refractivity contribution in [2.45, 2.75) is 37.2 Å². The topological polar surface area (TPSA) is 116 Å². The van der Waals surface area contributed by atoms with E-state index in [1.165, 1.54) is 0 Å². The van der Waals surface area contributed by atoms with Gasteiger partial charge >= 0.3 is 39.3 Å². The molecule has 152 valence electrons. The molecular weight excluding hydrogens is 406 g/mol. The number of esters is 2. The van der Waals surface area contributed by atoms with Gasteiger partial charge in [0.05, 0.1) is 6.10 Å². The molecule has 0 amide bonds. The Morgan fingerprint density at radius 2 is 1.62 bits per heavy atom. The van der Waals surface area contributed by atoms with Crippen LogP contribution in [0.2, 0.25) is 0 Å². The van der Waals surface area contributed by atoms with Crippen LogP contribution in [0.1, 0.15) is 13.8 Å². The first-order valence-electron chi connectivity index (χ1n) is 6.21. The van der Waals surface area contributed by atoms with E-state index < -0.39 is 57.8 Å². The van der Waals surface area contributed by atoms with E-state index in [1.54, 1.807) is 0 Å². The first kappa shape index (κ1) is 24.1. The first-order valence-corrected chi connectivity index (χ1v) is 7.65. The third kappa shape index (κ3) is 5.57. The fraction of sp³-hybridized carbons (Fsp3) is 0.636. The maximum Gasteiger partial charge on any atom is 0.468 e. The number of carbonyl (C=O) groups is 2. The molecule has 0 aliphatic rings. The Morgan fingerprint density at radius 1 is 1.15 bits per heavy atom. The molecule has 0 saturated heterocycles. The van der Waals surface area contributed by atoms with Crippen molar-refractivity contribution in [3.05, 3.63) is 12.4 Å². The van der Waals surface area contributed by atoms with Crippen molar-refractivity contribution in [1.29, 1.82) is 0 Å². The summed E-state index contributed by atoms with van der Waals surface area (Å²) in [5.74, 6) is -12.3. The van der Waals surface area contributed by atoms with Gasteiger partial charge in [0.1, 0.15) is 6.61 Å². The average molecular weight is 418 g/mol. The summed E-state index contributed by atoms with van der Waals surface area (Å²) >= 11 is 0. The van der Waals surface area contributed by atoms with E-state index in [2.05, 4.69) is 20.8 Å². The molecule has 26 heavy (non-hydrogen) atoms. The quantitative estimate of drug-likeness (QED) is 0.208.